The molecule has 0 bridgehead atoms. The molecule has 0 saturated heterocycles. The Morgan fingerprint density at radius 3 is 2.80 bits per heavy atom. The molecule has 1 aromatic heterocycles. The monoisotopic (exact) mass is 300 g/mol. The van der Waals surface area contributed by atoms with Gasteiger partial charge in [-0.15, -0.1) is 11.3 Å². The van der Waals surface area contributed by atoms with Crippen LogP contribution in [-0.4, -0.2) is 24.3 Å². The first-order valence-corrected chi connectivity index (χ1v) is 7.94. The highest BCUT2D eigenvalue weighted by molar-refractivity contribution is 7.09. The molecule has 0 saturated carbocycles. The largest absolute Gasteiger partial charge is 0.461 e. The van der Waals surface area contributed by atoms with Crippen molar-refractivity contribution in [1.82, 2.24) is 4.98 Å². The van der Waals surface area contributed by atoms with E-state index in [-0.39, 0.29) is 18.8 Å². The Morgan fingerprint density at radius 2 is 2.20 bits per heavy atom. The first kappa shape index (κ1) is 17.1. The van der Waals surface area contributed by atoms with Gasteiger partial charge in [-0.25, -0.2) is 9.78 Å². The minimum absolute atomic E-state index is 0.137. The smallest absolute Gasteiger partial charge is 0.357 e. The van der Waals surface area contributed by atoms with E-state index in [1.165, 1.54) is 11.3 Å². The highest BCUT2D eigenvalue weighted by atomic mass is 32.1. The van der Waals surface area contributed by atoms with Gasteiger partial charge in [0.1, 0.15) is 11.1 Å². The zero-order valence-corrected chi connectivity index (χ0v) is 13.2. The maximum absolute atomic E-state index is 11.6. The number of aromatic nitrogens is 1. The average molecular weight is 300 g/mol. The third-order valence-electron chi connectivity index (χ3n) is 3.20. The lowest BCUT2D eigenvalue weighted by Crippen LogP contribution is -2.13. The SMILES string of the molecule is CCOC(=O)c1csc(C(CCC(C)CC)OCN)n1. The van der Waals surface area contributed by atoms with Crippen LogP contribution in [0.5, 0.6) is 0 Å². The van der Waals surface area contributed by atoms with Gasteiger partial charge in [-0.3, -0.25) is 0 Å². The first-order chi connectivity index (χ1) is 9.62. The van der Waals surface area contributed by atoms with Crippen LogP contribution in [0.25, 0.3) is 0 Å². The van der Waals surface area contributed by atoms with Crippen LogP contribution in [0.15, 0.2) is 5.38 Å². The number of nitrogens with zero attached hydrogens (tertiary/aromatic N) is 1. The zero-order valence-electron chi connectivity index (χ0n) is 12.4. The van der Waals surface area contributed by atoms with Gasteiger partial charge in [0.25, 0.3) is 0 Å². The predicted molar refractivity (Wildman–Crippen MR) is 79.6 cm³/mol. The molecule has 5 nitrogen and oxygen atoms in total. The summed E-state index contributed by atoms with van der Waals surface area (Å²) in [6, 6.07) is 0. The molecule has 0 aliphatic heterocycles. The van der Waals surface area contributed by atoms with Crippen molar-refractivity contribution in [1.29, 1.82) is 0 Å². The first-order valence-electron chi connectivity index (χ1n) is 7.06. The lowest BCUT2D eigenvalue weighted by atomic mass is 10.0. The molecule has 0 amide bonds. The number of hydrogen-bond donors (Lipinski definition) is 1. The second-order valence-electron chi connectivity index (χ2n) is 4.70. The Bertz CT molecular complexity index is 409. The maximum atomic E-state index is 11.6. The van der Waals surface area contributed by atoms with Gasteiger partial charge >= 0.3 is 5.97 Å². The Kier molecular flexibility index (Phi) is 7.72. The normalized spacial score (nSPS) is 14.0. The van der Waals surface area contributed by atoms with Gasteiger partial charge in [0, 0.05) is 5.38 Å². The molecule has 114 valence electrons. The van der Waals surface area contributed by atoms with Crippen LogP contribution in [0.3, 0.4) is 0 Å². The lowest BCUT2D eigenvalue weighted by molar-refractivity contribution is 0.0455. The minimum atomic E-state index is -0.386. The summed E-state index contributed by atoms with van der Waals surface area (Å²) in [5, 5.41) is 2.51. The van der Waals surface area contributed by atoms with Gasteiger partial charge in [-0.1, -0.05) is 20.3 Å². The molecule has 6 heteroatoms. The van der Waals surface area contributed by atoms with Gasteiger partial charge in [-0.2, -0.15) is 0 Å². The maximum Gasteiger partial charge on any atom is 0.357 e. The summed E-state index contributed by atoms with van der Waals surface area (Å²) in [5.41, 5.74) is 5.83. The van der Waals surface area contributed by atoms with Crippen LogP contribution in [-0.2, 0) is 9.47 Å². The van der Waals surface area contributed by atoms with Crippen molar-refractivity contribution in [3.63, 3.8) is 0 Å². The summed E-state index contributed by atoms with van der Waals surface area (Å²) in [6.45, 7) is 6.66. The molecule has 0 fully saturated rings. The summed E-state index contributed by atoms with van der Waals surface area (Å²) < 4.78 is 10.5. The second kappa shape index (κ2) is 9.05. The molecule has 1 rings (SSSR count). The number of ether oxygens (including phenoxy) is 2. The van der Waals surface area contributed by atoms with Gasteiger partial charge in [0.05, 0.1) is 13.3 Å². The van der Waals surface area contributed by atoms with Crippen LogP contribution >= 0.6 is 11.3 Å². The number of esters is 1. The van der Waals surface area contributed by atoms with E-state index in [0.717, 1.165) is 24.3 Å². The van der Waals surface area contributed by atoms with Gasteiger partial charge in [0.15, 0.2) is 5.69 Å². The van der Waals surface area contributed by atoms with E-state index in [1.54, 1.807) is 12.3 Å². The second-order valence-corrected chi connectivity index (χ2v) is 5.59. The molecule has 20 heavy (non-hydrogen) atoms. The minimum Gasteiger partial charge on any atom is -0.461 e. The molecule has 1 aromatic rings. The molecule has 0 aliphatic rings. The zero-order chi connectivity index (χ0) is 15.0. The van der Waals surface area contributed by atoms with Crippen molar-refractivity contribution in [2.75, 3.05) is 13.3 Å². The molecule has 0 spiro atoms. The summed E-state index contributed by atoms with van der Waals surface area (Å²) in [5.74, 6) is 0.256. The molecule has 2 atom stereocenters. The van der Waals surface area contributed by atoms with Crippen molar-refractivity contribution in [3.05, 3.63) is 16.1 Å². The lowest BCUT2D eigenvalue weighted by Gasteiger charge is -2.16. The standard InChI is InChI=1S/C14H24N2O3S/c1-4-10(3)6-7-12(19-9-15)13-16-11(8-20-13)14(17)18-5-2/h8,10,12H,4-7,9,15H2,1-3H3. The van der Waals surface area contributed by atoms with E-state index in [0.29, 0.717) is 18.2 Å². The van der Waals surface area contributed by atoms with E-state index >= 15 is 0 Å². The van der Waals surface area contributed by atoms with Crippen molar-refractivity contribution in [3.8, 4) is 0 Å². The Labute approximate surface area is 124 Å². The number of hydrogen-bond acceptors (Lipinski definition) is 6. The van der Waals surface area contributed by atoms with Gasteiger partial charge in [0.2, 0.25) is 0 Å². The Balaban J connectivity index is 2.69. The van der Waals surface area contributed by atoms with Crippen molar-refractivity contribution < 1.29 is 14.3 Å². The van der Waals surface area contributed by atoms with Crippen molar-refractivity contribution >= 4 is 17.3 Å². The van der Waals surface area contributed by atoms with Crippen LogP contribution < -0.4 is 5.73 Å². The number of carbonyl (C=O) groups excluding carboxylic acids is 1. The molecule has 2 unspecified atom stereocenters. The molecule has 0 aliphatic carbocycles. The van der Waals surface area contributed by atoms with Gasteiger partial charge < -0.3 is 15.2 Å². The molecule has 0 aromatic carbocycles. The van der Waals surface area contributed by atoms with E-state index in [9.17, 15) is 4.79 Å². The van der Waals surface area contributed by atoms with Crippen LogP contribution in [0, 0.1) is 5.92 Å². The molecular formula is C14H24N2O3S. The van der Waals surface area contributed by atoms with E-state index < -0.39 is 0 Å². The fourth-order valence-corrected chi connectivity index (χ4v) is 2.64. The van der Waals surface area contributed by atoms with E-state index in [1.807, 2.05) is 0 Å². The molecule has 2 N–H and O–H groups in total. The number of carbonyl (C=O) groups is 1. The van der Waals surface area contributed by atoms with E-state index in [4.69, 9.17) is 15.2 Å². The molecular weight excluding hydrogens is 276 g/mol. The quantitative estimate of drug-likeness (QED) is 0.560. The summed E-state index contributed by atoms with van der Waals surface area (Å²) >= 11 is 1.42. The third kappa shape index (κ3) is 5.19. The highest BCUT2D eigenvalue weighted by Gasteiger charge is 2.19. The fourth-order valence-electron chi connectivity index (χ4n) is 1.77. The number of thiazole rings is 1. The third-order valence-corrected chi connectivity index (χ3v) is 4.13. The highest BCUT2D eigenvalue weighted by Crippen LogP contribution is 2.28. The van der Waals surface area contributed by atoms with Crippen LogP contribution in [0.1, 0.15) is 61.6 Å². The Hall–Kier alpha value is -0.980. The number of rotatable bonds is 9. The van der Waals surface area contributed by atoms with Crippen molar-refractivity contribution in [2.24, 2.45) is 11.7 Å². The predicted octanol–water partition coefficient (Wildman–Crippen LogP) is 3.12. The molecule has 1 heterocycles. The number of nitrogens with two attached hydrogens (primary N) is 1. The van der Waals surface area contributed by atoms with Crippen LogP contribution in [0.2, 0.25) is 0 Å². The van der Waals surface area contributed by atoms with Crippen molar-refractivity contribution in [2.45, 2.75) is 46.1 Å². The molecule has 0 radical (unpaired) electrons. The fraction of sp³-hybridized carbons (Fsp3) is 0.714. The Morgan fingerprint density at radius 1 is 1.45 bits per heavy atom. The van der Waals surface area contributed by atoms with Gasteiger partial charge in [-0.05, 0) is 25.7 Å². The van der Waals surface area contributed by atoms with E-state index in [2.05, 4.69) is 18.8 Å². The summed E-state index contributed by atoms with van der Waals surface area (Å²) in [6.07, 6.45) is 2.92. The average Bonchev–Trinajstić information content (AvgIpc) is 2.93. The summed E-state index contributed by atoms with van der Waals surface area (Å²) in [7, 11) is 0. The van der Waals surface area contributed by atoms with Crippen LogP contribution in [0.4, 0.5) is 0 Å². The summed E-state index contributed by atoms with van der Waals surface area (Å²) in [4.78, 5) is 15.9. The topological polar surface area (TPSA) is 74.4 Å².